The highest BCUT2D eigenvalue weighted by Crippen LogP contribution is 2.05. The van der Waals surface area contributed by atoms with E-state index in [9.17, 15) is 9.59 Å². The molecule has 0 bridgehead atoms. The second kappa shape index (κ2) is 3.53. The molecule has 5 heteroatoms. The highest BCUT2D eigenvalue weighted by atomic mass is 16.5. The summed E-state index contributed by atoms with van der Waals surface area (Å²) in [6.45, 7) is 0. The minimum atomic E-state index is -0.644. The third-order valence-corrected chi connectivity index (χ3v) is 2.04. The molecule has 0 aliphatic carbocycles. The Labute approximate surface area is 84.9 Å². The van der Waals surface area contributed by atoms with Crippen LogP contribution in [0, 0.1) is 0 Å². The minimum absolute atomic E-state index is 0.00574. The summed E-state index contributed by atoms with van der Waals surface area (Å²) >= 11 is 0. The number of hydrogen-bond donors (Lipinski definition) is 0. The summed E-state index contributed by atoms with van der Waals surface area (Å²) in [7, 11) is 1.44. The van der Waals surface area contributed by atoms with Gasteiger partial charge in [-0.2, -0.15) is 0 Å². The van der Waals surface area contributed by atoms with Gasteiger partial charge in [0, 0.05) is 12.6 Å². The number of aromatic nitrogens is 2. The fourth-order valence-corrected chi connectivity index (χ4v) is 1.20. The molecule has 0 saturated heterocycles. The Morgan fingerprint density at radius 3 is 2.53 bits per heavy atom. The zero-order valence-electron chi connectivity index (χ0n) is 8.01. The molecule has 0 saturated carbocycles. The highest BCUT2D eigenvalue weighted by Gasteiger charge is 2.16. The smallest absolute Gasteiger partial charge is 0.295 e. The van der Waals surface area contributed by atoms with Crippen LogP contribution in [0.25, 0.3) is 0 Å². The topological polar surface area (TPSA) is 65.1 Å². The summed E-state index contributed by atoms with van der Waals surface area (Å²) in [5.41, 5.74) is 0.474. The summed E-state index contributed by atoms with van der Waals surface area (Å²) in [6, 6.07) is 8.60. The largest absolute Gasteiger partial charge is 0.441 e. The van der Waals surface area contributed by atoms with Gasteiger partial charge in [0.05, 0.1) is 0 Å². The predicted molar refractivity (Wildman–Crippen MR) is 51.6 cm³/mol. The van der Waals surface area contributed by atoms with Crippen LogP contribution in [0.15, 0.2) is 39.6 Å². The van der Waals surface area contributed by atoms with Crippen molar-refractivity contribution in [2.45, 2.75) is 0 Å². The third kappa shape index (κ3) is 1.59. The van der Waals surface area contributed by atoms with E-state index in [1.165, 1.54) is 7.05 Å². The number of nitrogens with zero attached hydrogens (tertiary/aromatic N) is 2. The van der Waals surface area contributed by atoms with Crippen LogP contribution in [-0.2, 0) is 7.05 Å². The van der Waals surface area contributed by atoms with Gasteiger partial charge in [0.15, 0.2) is 0 Å². The van der Waals surface area contributed by atoms with Crippen LogP contribution in [0.4, 0.5) is 0 Å². The van der Waals surface area contributed by atoms with Crippen molar-refractivity contribution in [1.29, 1.82) is 0 Å². The van der Waals surface area contributed by atoms with Gasteiger partial charge < -0.3 is 0 Å². The first kappa shape index (κ1) is 9.39. The van der Waals surface area contributed by atoms with Gasteiger partial charge >= 0.3 is 5.76 Å². The van der Waals surface area contributed by atoms with E-state index in [-0.39, 0.29) is 11.6 Å². The van der Waals surface area contributed by atoms with Crippen molar-refractivity contribution in [2.75, 3.05) is 0 Å². The second-order valence-electron chi connectivity index (χ2n) is 3.03. The minimum Gasteiger partial charge on any atom is -0.295 e. The first-order chi connectivity index (χ1) is 7.20. The average molecular weight is 204 g/mol. The summed E-state index contributed by atoms with van der Waals surface area (Å²) in [4.78, 5) is 22.8. The average Bonchev–Trinajstić information content (AvgIpc) is 2.60. The Morgan fingerprint density at radius 2 is 2.00 bits per heavy atom. The lowest BCUT2D eigenvalue weighted by Gasteiger charge is -1.97. The van der Waals surface area contributed by atoms with Crippen LogP contribution in [0.1, 0.15) is 16.2 Å². The van der Waals surface area contributed by atoms with Crippen molar-refractivity contribution in [2.24, 2.45) is 7.05 Å². The van der Waals surface area contributed by atoms with E-state index >= 15 is 0 Å². The zero-order valence-corrected chi connectivity index (χ0v) is 8.01. The van der Waals surface area contributed by atoms with E-state index in [0.29, 0.717) is 5.56 Å². The normalized spacial score (nSPS) is 10.2. The summed E-state index contributed by atoms with van der Waals surface area (Å²) < 4.78 is 5.45. The molecule has 2 rings (SSSR count). The lowest BCUT2D eigenvalue weighted by Crippen LogP contribution is -2.16. The van der Waals surface area contributed by atoms with Crippen LogP contribution in [0.3, 0.4) is 0 Å². The molecule has 0 spiro atoms. The molecule has 5 nitrogen and oxygen atoms in total. The molecule has 2 aromatic rings. The molecule has 76 valence electrons. The first-order valence-electron chi connectivity index (χ1n) is 4.32. The molecule has 1 aromatic heterocycles. The Hall–Kier alpha value is -2.17. The fourth-order valence-electron chi connectivity index (χ4n) is 1.20. The van der Waals surface area contributed by atoms with Gasteiger partial charge in [0.25, 0.3) is 0 Å². The monoisotopic (exact) mass is 204 g/mol. The van der Waals surface area contributed by atoms with E-state index in [0.717, 1.165) is 4.57 Å². The van der Waals surface area contributed by atoms with Gasteiger partial charge in [-0.05, 0) is 0 Å². The highest BCUT2D eigenvalue weighted by molar-refractivity contribution is 6.06. The molecule has 0 radical (unpaired) electrons. The van der Waals surface area contributed by atoms with Crippen LogP contribution < -0.4 is 5.76 Å². The van der Waals surface area contributed by atoms with Crippen molar-refractivity contribution >= 4 is 5.78 Å². The molecular weight excluding hydrogens is 196 g/mol. The van der Waals surface area contributed by atoms with Gasteiger partial charge in [0.2, 0.25) is 11.6 Å². The van der Waals surface area contributed by atoms with E-state index < -0.39 is 5.76 Å². The lowest BCUT2D eigenvalue weighted by atomic mass is 10.1. The molecule has 0 unspecified atom stereocenters. The quantitative estimate of drug-likeness (QED) is 0.672. The van der Waals surface area contributed by atoms with Gasteiger partial charge in [-0.1, -0.05) is 35.5 Å². The van der Waals surface area contributed by atoms with Crippen molar-refractivity contribution in [3.8, 4) is 0 Å². The lowest BCUT2D eigenvalue weighted by molar-refractivity contribution is 0.102. The van der Waals surface area contributed by atoms with E-state index in [2.05, 4.69) is 9.68 Å². The SMILES string of the molecule is Cn1c(C(=O)c2ccccc2)noc1=O. The number of hydrogen-bond acceptors (Lipinski definition) is 4. The summed E-state index contributed by atoms with van der Waals surface area (Å²) in [6.07, 6.45) is 0. The van der Waals surface area contributed by atoms with Crippen molar-refractivity contribution < 1.29 is 9.32 Å². The predicted octanol–water partition coefficient (Wildman–Crippen LogP) is 0.604. The summed E-state index contributed by atoms with van der Waals surface area (Å²) in [5.74, 6) is -0.968. The number of ketones is 1. The molecule has 0 fully saturated rings. The number of carbonyl (C=O) groups excluding carboxylic acids is 1. The maximum atomic E-state index is 11.8. The molecular formula is C10H8N2O3. The number of benzene rings is 1. The van der Waals surface area contributed by atoms with Crippen molar-refractivity contribution in [1.82, 2.24) is 9.72 Å². The first-order valence-corrected chi connectivity index (χ1v) is 4.32. The van der Waals surface area contributed by atoms with E-state index in [1.807, 2.05) is 0 Å². The van der Waals surface area contributed by atoms with Gasteiger partial charge in [-0.25, -0.2) is 4.79 Å². The molecule has 1 aromatic carbocycles. The molecule has 0 N–H and O–H groups in total. The van der Waals surface area contributed by atoms with Crippen molar-refractivity contribution in [3.05, 3.63) is 52.3 Å². The summed E-state index contributed by atoms with van der Waals surface area (Å²) in [5, 5.41) is 3.42. The Bertz CT molecular complexity index is 539. The Morgan fingerprint density at radius 1 is 1.33 bits per heavy atom. The van der Waals surface area contributed by atoms with E-state index in [4.69, 9.17) is 0 Å². The van der Waals surface area contributed by atoms with Crippen molar-refractivity contribution in [3.63, 3.8) is 0 Å². The van der Waals surface area contributed by atoms with E-state index in [1.54, 1.807) is 30.3 Å². The molecule has 1 heterocycles. The second-order valence-corrected chi connectivity index (χ2v) is 3.03. The van der Waals surface area contributed by atoms with Gasteiger partial charge in [-0.15, -0.1) is 0 Å². The molecule has 0 amide bonds. The maximum Gasteiger partial charge on any atom is 0.441 e. The molecule has 0 aliphatic heterocycles. The fraction of sp³-hybridized carbons (Fsp3) is 0.100. The van der Waals surface area contributed by atoms with Crippen LogP contribution in [0.5, 0.6) is 0 Å². The standard InChI is InChI=1S/C10H8N2O3/c1-12-9(11-15-10(12)14)8(13)7-5-3-2-4-6-7/h2-6H,1H3. The Kier molecular flexibility index (Phi) is 2.21. The zero-order chi connectivity index (χ0) is 10.8. The number of rotatable bonds is 2. The van der Waals surface area contributed by atoms with Crippen LogP contribution >= 0.6 is 0 Å². The van der Waals surface area contributed by atoms with Crippen LogP contribution in [0.2, 0.25) is 0 Å². The maximum absolute atomic E-state index is 11.8. The molecule has 15 heavy (non-hydrogen) atoms. The van der Waals surface area contributed by atoms with Crippen LogP contribution in [-0.4, -0.2) is 15.5 Å². The van der Waals surface area contributed by atoms with Gasteiger partial charge in [-0.3, -0.25) is 13.9 Å². The molecule has 0 atom stereocenters. The molecule has 0 aliphatic rings. The van der Waals surface area contributed by atoms with Gasteiger partial charge in [0.1, 0.15) is 0 Å². The number of carbonyl (C=O) groups is 1. The Balaban J connectivity index is 2.46. The third-order valence-electron chi connectivity index (χ3n) is 2.04.